The van der Waals surface area contributed by atoms with Crippen LogP contribution in [-0.2, 0) is 4.79 Å². The highest BCUT2D eigenvalue weighted by Gasteiger charge is 2.69. The maximum atomic E-state index is 10.9. The number of nitro groups is 3. The molecule has 0 aromatic carbocycles. The Morgan fingerprint density at radius 3 is 0.912 bits per heavy atom. The van der Waals surface area contributed by atoms with Crippen LogP contribution in [0.3, 0.4) is 0 Å². The summed E-state index contributed by atoms with van der Waals surface area (Å²) in [5.41, 5.74) is 0. The second-order valence-corrected chi connectivity index (χ2v) is 9.32. The van der Waals surface area contributed by atoms with Crippen LogP contribution in [0.1, 0.15) is 141 Å². The first-order valence-corrected chi connectivity index (χ1v) is 13.3. The van der Waals surface area contributed by atoms with Crippen LogP contribution in [0.2, 0.25) is 0 Å². The normalized spacial score (nSPS) is 11.4. The van der Waals surface area contributed by atoms with Crippen LogP contribution < -0.4 is 0 Å². The molecule has 198 valence electrons. The van der Waals surface area contributed by atoms with Crippen molar-refractivity contribution < 1.29 is 19.6 Å². The largest absolute Gasteiger partial charge is 0.699 e. The van der Waals surface area contributed by atoms with E-state index in [1.165, 1.54) is 83.5 Å². The lowest BCUT2D eigenvalue weighted by molar-refractivity contribution is -0.970. The topological polar surface area (TPSA) is 146 Å². The summed E-state index contributed by atoms with van der Waals surface area (Å²) in [7, 11) is 0. The van der Waals surface area contributed by atoms with E-state index in [-0.39, 0.29) is 6.42 Å². The summed E-state index contributed by atoms with van der Waals surface area (Å²) >= 11 is 0. The zero-order chi connectivity index (χ0) is 25.5. The van der Waals surface area contributed by atoms with Crippen molar-refractivity contribution in [3.8, 4) is 0 Å². The molecule has 10 nitrogen and oxygen atoms in total. The van der Waals surface area contributed by atoms with Crippen molar-refractivity contribution in [3.05, 3.63) is 30.3 Å². The lowest BCUT2D eigenvalue weighted by atomic mass is 10.0. The summed E-state index contributed by atoms with van der Waals surface area (Å²) in [6.45, 7) is 0. The van der Waals surface area contributed by atoms with Crippen molar-refractivity contribution in [1.29, 1.82) is 0 Å². The predicted molar refractivity (Wildman–Crippen MR) is 131 cm³/mol. The first kappa shape index (κ1) is 31.9. The third kappa shape index (κ3) is 14.9. The molecule has 0 heterocycles. The van der Waals surface area contributed by atoms with Gasteiger partial charge in [0.05, 0.1) is 0 Å². The van der Waals surface area contributed by atoms with E-state index in [2.05, 4.69) is 0 Å². The van der Waals surface area contributed by atoms with Crippen LogP contribution in [0, 0.1) is 30.3 Å². The zero-order valence-electron chi connectivity index (χ0n) is 20.8. The molecule has 0 atom stereocenters. The SMILES string of the molecule is O=CCCCCCCCCCCCCCCCCCCCCCCC([N+](=O)[O-])([N+](=O)[O-])[N+](=O)[O-]. The molecule has 0 aromatic heterocycles. The molecule has 0 aliphatic rings. The van der Waals surface area contributed by atoms with Crippen molar-refractivity contribution in [2.75, 3.05) is 0 Å². The zero-order valence-corrected chi connectivity index (χ0v) is 20.8. The van der Waals surface area contributed by atoms with Gasteiger partial charge in [0.1, 0.15) is 6.29 Å². The van der Waals surface area contributed by atoms with Crippen LogP contribution in [-0.4, -0.2) is 26.8 Å². The van der Waals surface area contributed by atoms with Crippen LogP contribution in [0.15, 0.2) is 0 Å². The van der Waals surface area contributed by atoms with Crippen molar-refractivity contribution in [2.45, 2.75) is 147 Å². The summed E-state index contributed by atoms with van der Waals surface area (Å²) in [5, 5.41) is 32.6. The fraction of sp³-hybridized carbons (Fsp3) is 0.958. The van der Waals surface area contributed by atoms with Crippen molar-refractivity contribution in [1.82, 2.24) is 0 Å². The van der Waals surface area contributed by atoms with Crippen molar-refractivity contribution in [2.24, 2.45) is 0 Å². The number of nitrogens with zero attached hydrogens (tertiary/aromatic N) is 3. The van der Waals surface area contributed by atoms with Crippen LogP contribution in [0.25, 0.3) is 0 Å². The van der Waals surface area contributed by atoms with E-state index in [0.717, 1.165) is 38.4 Å². The average Bonchev–Trinajstić information content (AvgIpc) is 2.79. The number of carbonyl (C=O) groups excluding carboxylic acids is 1. The molecule has 0 fully saturated rings. The molecule has 0 aliphatic carbocycles. The average molecular weight is 488 g/mol. The van der Waals surface area contributed by atoms with E-state index in [1.54, 1.807) is 0 Å². The van der Waals surface area contributed by atoms with E-state index in [9.17, 15) is 35.1 Å². The maximum absolute atomic E-state index is 10.9. The minimum absolute atomic E-state index is 0.103. The molecule has 0 rings (SSSR count). The first-order chi connectivity index (χ1) is 16.4. The number of hydrogen-bond donors (Lipinski definition) is 0. The highest BCUT2D eigenvalue weighted by molar-refractivity contribution is 5.48. The molecule has 0 bridgehead atoms. The van der Waals surface area contributed by atoms with Gasteiger partial charge in [-0.15, -0.1) is 0 Å². The van der Waals surface area contributed by atoms with Gasteiger partial charge in [0.25, 0.3) is 0 Å². The van der Waals surface area contributed by atoms with Gasteiger partial charge < -0.3 is 4.79 Å². The Morgan fingerprint density at radius 1 is 0.441 bits per heavy atom. The van der Waals surface area contributed by atoms with Gasteiger partial charge in [0.2, 0.25) is 0 Å². The minimum Gasteiger partial charge on any atom is -0.303 e. The fourth-order valence-electron chi connectivity index (χ4n) is 4.25. The second kappa shape index (κ2) is 21.4. The molecule has 0 unspecified atom stereocenters. The Labute approximate surface area is 203 Å². The quantitative estimate of drug-likeness (QED) is 0.0410. The molecule has 0 N–H and O–H groups in total. The fourth-order valence-corrected chi connectivity index (χ4v) is 4.25. The van der Waals surface area contributed by atoms with E-state index in [4.69, 9.17) is 0 Å². The Bertz CT molecular complexity index is 537. The van der Waals surface area contributed by atoms with Gasteiger partial charge in [-0.2, -0.15) is 0 Å². The Morgan fingerprint density at radius 2 is 0.676 bits per heavy atom. The van der Waals surface area contributed by atoms with Gasteiger partial charge in [-0.3, -0.25) is 30.3 Å². The van der Waals surface area contributed by atoms with Crippen molar-refractivity contribution >= 4 is 6.29 Å². The molecular weight excluding hydrogens is 442 g/mol. The summed E-state index contributed by atoms with van der Waals surface area (Å²) in [4.78, 5) is 38.7. The minimum atomic E-state index is -3.31. The Balaban J connectivity index is 3.41. The molecule has 0 spiro atoms. The molecular formula is C24H45N3O7. The van der Waals surface area contributed by atoms with Gasteiger partial charge in [-0.05, 0) is 12.8 Å². The van der Waals surface area contributed by atoms with Gasteiger partial charge >= 0.3 is 5.79 Å². The molecule has 0 amide bonds. The van der Waals surface area contributed by atoms with E-state index in [1.807, 2.05) is 0 Å². The first-order valence-electron chi connectivity index (χ1n) is 13.3. The van der Waals surface area contributed by atoms with Gasteiger partial charge in [0.15, 0.2) is 21.2 Å². The number of carbonyl (C=O) groups is 1. The summed E-state index contributed by atoms with van der Waals surface area (Å²) < 4.78 is 0. The summed E-state index contributed by atoms with van der Waals surface area (Å²) in [5.74, 6) is -3.31. The standard InChI is InChI=1S/C24H45N3O7/c28-23-21-19-17-15-13-11-9-7-5-3-1-2-4-6-8-10-12-14-16-18-20-22-24(25(29)30,26(31)32)27(33)34/h23H,1-22H2. The number of hydrogen-bond acceptors (Lipinski definition) is 7. The molecule has 0 saturated heterocycles. The second-order valence-electron chi connectivity index (χ2n) is 9.32. The predicted octanol–water partition coefficient (Wildman–Crippen LogP) is 7.25. The molecule has 0 saturated carbocycles. The third-order valence-corrected chi connectivity index (χ3v) is 6.46. The molecule has 0 aromatic rings. The monoisotopic (exact) mass is 487 g/mol. The number of aldehydes is 1. The third-order valence-electron chi connectivity index (χ3n) is 6.46. The highest BCUT2D eigenvalue weighted by atomic mass is 16.7. The van der Waals surface area contributed by atoms with E-state index in [0.29, 0.717) is 12.8 Å². The highest BCUT2D eigenvalue weighted by Crippen LogP contribution is 2.22. The van der Waals surface area contributed by atoms with E-state index < -0.39 is 27.0 Å². The van der Waals surface area contributed by atoms with E-state index >= 15 is 0 Å². The van der Waals surface area contributed by atoms with Crippen LogP contribution >= 0.6 is 0 Å². The van der Waals surface area contributed by atoms with Gasteiger partial charge in [-0.25, -0.2) is 0 Å². The number of unbranched alkanes of at least 4 members (excludes halogenated alkanes) is 20. The molecule has 10 heteroatoms. The van der Waals surface area contributed by atoms with Gasteiger partial charge in [-0.1, -0.05) is 116 Å². The summed E-state index contributed by atoms with van der Waals surface area (Å²) in [6, 6.07) is 0. The van der Waals surface area contributed by atoms with Gasteiger partial charge in [0, 0.05) is 6.42 Å². The smallest absolute Gasteiger partial charge is 0.303 e. The van der Waals surface area contributed by atoms with Crippen LogP contribution in [0.5, 0.6) is 0 Å². The lowest BCUT2D eigenvalue weighted by Crippen LogP contribution is -2.53. The molecule has 0 radical (unpaired) electrons. The Hall–Kier alpha value is -2.13. The number of rotatable bonds is 26. The maximum Gasteiger partial charge on any atom is 0.699 e. The van der Waals surface area contributed by atoms with Crippen molar-refractivity contribution in [3.63, 3.8) is 0 Å². The van der Waals surface area contributed by atoms with Crippen LogP contribution in [0.4, 0.5) is 0 Å². The molecule has 0 aliphatic heterocycles. The Kier molecular flexibility index (Phi) is 20.1. The molecule has 34 heavy (non-hydrogen) atoms. The summed E-state index contributed by atoms with van der Waals surface area (Å²) in [6.07, 6.45) is 23.3. The lowest BCUT2D eigenvalue weighted by Gasteiger charge is -2.08.